The van der Waals surface area contributed by atoms with Gasteiger partial charge >= 0.3 is 0 Å². The Bertz CT molecular complexity index is 443. The van der Waals surface area contributed by atoms with E-state index in [-0.39, 0.29) is 0 Å². The molecule has 1 heterocycles. The van der Waals surface area contributed by atoms with Crippen LogP contribution in [0.2, 0.25) is 0 Å². The van der Waals surface area contributed by atoms with Gasteiger partial charge in [0.2, 0.25) is 0 Å². The van der Waals surface area contributed by atoms with E-state index in [1.54, 1.807) is 0 Å². The summed E-state index contributed by atoms with van der Waals surface area (Å²) < 4.78 is 5.85. The monoisotopic (exact) mass is 291 g/mol. The van der Waals surface area contributed by atoms with Crippen LogP contribution in [-0.4, -0.2) is 24.7 Å². The van der Waals surface area contributed by atoms with E-state index in [0.29, 0.717) is 6.04 Å². The highest BCUT2D eigenvalue weighted by Crippen LogP contribution is 2.36. The molecule has 1 aromatic rings. The molecule has 0 spiro atoms. The average molecular weight is 291 g/mol. The summed E-state index contributed by atoms with van der Waals surface area (Å²) in [5.41, 5.74) is 2.73. The fourth-order valence-corrected chi connectivity index (χ4v) is 4.79. The Labute approximate surface area is 126 Å². The van der Waals surface area contributed by atoms with E-state index in [1.165, 1.54) is 43.2 Å². The number of nitrogens with one attached hydrogen (secondary N) is 1. The number of thioether (sulfide) groups is 1. The van der Waals surface area contributed by atoms with Gasteiger partial charge in [0.15, 0.2) is 0 Å². The van der Waals surface area contributed by atoms with Gasteiger partial charge in [-0.15, -0.1) is 0 Å². The Hall–Kier alpha value is -0.670. The number of ether oxygens (including phenoxy) is 1. The molecule has 2 nitrogen and oxygen atoms in total. The zero-order valence-electron chi connectivity index (χ0n) is 12.4. The van der Waals surface area contributed by atoms with Gasteiger partial charge in [0.05, 0.1) is 6.61 Å². The van der Waals surface area contributed by atoms with Gasteiger partial charge in [-0.2, -0.15) is 11.8 Å². The van der Waals surface area contributed by atoms with E-state index in [4.69, 9.17) is 4.74 Å². The molecule has 20 heavy (non-hydrogen) atoms. The molecule has 0 aromatic heterocycles. The maximum absolute atomic E-state index is 5.85. The summed E-state index contributed by atoms with van der Waals surface area (Å²) in [4.78, 5) is 0. The molecule has 1 unspecified atom stereocenters. The Kier molecular flexibility index (Phi) is 4.90. The lowest BCUT2D eigenvalue weighted by atomic mass is 10.0. The molecular formula is C17H25NOS. The molecule has 0 bridgehead atoms. The first kappa shape index (κ1) is 14.3. The molecular weight excluding hydrogens is 266 g/mol. The minimum absolute atomic E-state index is 0.412. The van der Waals surface area contributed by atoms with Gasteiger partial charge in [-0.25, -0.2) is 0 Å². The smallest absolute Gasteiger partial charge is 0.127 e. The molecule has 1 saturated carbocycles. The molecule has 1 fully saturated rings. The maximum Gasteiger partial charge on any atom is 0.127 e. The van der Waals surface area contributed by atoms with Crippen molar-refractivity contribution in [3.63, 3.8) is 0 Å². The maximum atomic E-state index is 5.85. The predicted molar refractivity (Wildman–Crippen MR) is 86.8 cm³/mol. The van der Waals surface area contributed by atoms with Gasteiger partial charge in [-0.3, -0.25) is 0 Å². The molecule has 3 rings (SSSR count). The van der Waals surface area contributed by atoms with Gasteiger partial charge in [0.1, 0.15) is 5.75 Å². The molecule has 1 aromatic carbocycles. The van der Waals surface area contributed by atoms with Gasteiger partial charge in [0, 0.05) is 29.0 Å². The molecule has 0 saturated heterocycles. The first-order valence-corrected chi connectivity index (χ1v) is 8.97. The van der Waals surface area contributed by atoms with Crippen LogP contribution >= 0.6 is 11.8 Å². The Morgan fingerprint density at radius 2 is 2.15 bits per heavy atom. The van der Waals surface area contributed by atoms with Crippen LogP contribution < -0.4 is 10.1 Å². The second kappa shape index (κ2) is 6.86. The van der Waals surface area contributed by atoms with Crippen LogP contribution in [0, 0.1) is 0 Å². The van der Waals surface area contributed by atoms with Crippen molar-refractivity contribution in [2.24, 2.45) is 0 Å². The summed E-state index contributed by atoms with van der Waals surface area (Å²) in [5.74, 6) is 2.30. The van der Waals surface area contributed by atoms with Gasteiger partial charge < -0.3 is 10.1 Å². The summed E-state index contributed by atoms with van der Waals surface area (Å²) in [6, 6.07) is 7.02. The van der Waals surface area contributed by atoms with Gasteiger partial charge in [-0.05, 0) is 25.5 Å². The quantitative estimate of drug-likeness (QED) is 0.887. The predicted octanol–water partition coefficient (Wildman–Crippen LogP) is 3.95. The number of para-hydroxylation sites is 1. The molecule has 1 aliphatic carbocycles. The highest BCUT2D eigenvalue weighted by molar-refractivity contribution is 7.99. The van der Waals surface area contributed by atoms with E-state index in [9.17, 15) is 0 Å². The van der Waals surface area contributed by atoms with Crippen molar-refractivity contribution in [1.82, 2.24) is 5.32 Å². The number of fused-ring (bicyclic) bond motifs is 1. The average Bonchev–Trinajstić information content (AvgIpc) is 2.98. The van der Waals surface area contributed by atoms with Crippen molar-refractivity contribution < 1.29 is 4.74 Å². The SMILES string of the molecule is CNC(CSC1CCCCC1)c1cccc2c1OCC2. The number of benzene rings is 1. The van der Waals surface area contributed by atoms with Gasteiger partial charge in [-0.1, -0.05) is 37.5 Å². The second-order valence-corrected chi connectivity index (χ2v) is 7.20. The number of rotatable bonds is 5. The first-order chi connectivity index (χ1) is 9.88. The lowest BCUT2D eigenvalue weighted by molar-refractivity contribution is 0.350. The third-order valence-electron chi connectivity index (χ3n) is 4.52. The highest BCUT2D eigenvalue weighted by atomic mass is 32.2. The van der Waals surface area contributed by atoms with Crippen molar-refractivity contribution in [3.8, 4) is 5.75 Å². The molecule has 1 aliphatic heterocycles. The van der Waals surface area contributed by atoms with Crippen molar-refractivity contribution in [1.29, 1.82) is 0 Å². The molecule has 2 aliphatic rings. The molecule has 1 atom stereocenters. The Balaban J connectivity index is 1.65. The zero-order valence-corrected chi connectivity index (χ0v) is 13.2. The second-order valence-electron chi connectivity index (χ2n) is 5.87. The molecule has 0 radical (unpaired) electrons. The van der Waals surface area contributed by atoms with Crippen LogP contribution in [0.5, 0.6) is 5.75 Å². The molecule has 3 heteroatoms. The summed E-state index contributed by atoms with van der Waals surface area (Å²) in [6.45, 7) is 0.846. The fraction of sp³-hybridized carbons (Fsp3) is 0.647. The largest absolute Gasteiger partial charge is 0.493 e. The van der Waals surface area contributed by atoms with E-state index < -0.39 is 0 Å². The van der Waals surface area contributed by atoms with Crippen LogP contribution in [0.3, 0.4) is 0 Å². The fourth-order valence-electron chi connectivity index (χ4n) is 3.31. The summed E-state index contributed by atoms with van der Waals surface area (Å²) in [7, 11) is 2.07. The minimum atomic E-state index is 0.412. The number of hydrogen-bond donors (Lipinski definition) is 1. The third kappa shape index (κ3) is 3.15. The van der Waals surface area contributed by atoms with E-state index >= 15 is 0 Å². The summed E-state index contributed by atoms with van der Waals surface area (Å²) in [6.07, 6.45) is 8.16. The van der Waals surface area contributed by atoms with E-state index in [1.807, 2.05) is 0 Å². The normalized spacial score (nSPS) is 20.4. The summed E-state index contributed by atoms with van der Waals surface area (Å²) >= 11 is 2.15. The lowest BCUT2D eigenvalue weighted by Gasteiger charge is -2.24. The van der Waals surface area contributed by atoms with Crippen molar-refractivity contribution in [2.75, 3.05) is 19.4 Å². The van der Waals surface area contributed by atoms with E-state index in [0.717, 1.165) is 29.8 Å². The van der Waals surface area contributed by atoms with Crippen LogP contribution in [0.1, 0.15) is 49.3 Å². The topological polar surface area (TPSA) is 21.3 Å². The minimum Gasteiger partial charge on any atom is -0.493 e. The third-order valence-corrected chi connectivity index (χ3v) is 5.99. The first-order valence-electron chi connectivity index (χ1n) is 7.92. The Morgan fingerprint density at radius 3 is 2.95 bits per heavy atom. The van der Waals surface area contributed by atoms with Crippen LogP contribution in [0.4, 0.5) is 0 Å². The number of hydrogen-bond acceptors (Lipinski definition) is 3. The van der Waals surface area contributed by atoms with E-state index in [2.05, 4.69) is 42.3 Å². The molecule has 1 N–H and O–H groups in total. The summed E-state index contributed by atoms with van der Waals surface area (Å²) in [5, 5.41) is 4.36. The van der Waals surface area contributed by atoms with Gasteiger partial charge in [0.25, 0.3) is 0 Å². The van der Waals surface area contributed by atoms with Crippen LogP contribution in [-0.2, 0) is 6.42 Å². The zero-order chi connectivity index (χ0) is 13.8. The van der Waals surface area contributed by atoms with Crippen molar-refractivity contribution in [2.45, 2.75) is 49.8 Å². The van der Waals surface area contributed by atoms with Crippen molar-refractivity contribution >= 4 is 11.8 Å². The standard InChI is InChI=1S/C17H25NOS/c1-18-16(12-20-14-7-3-2-4-8-14)15-9-5-6-13-10-11-19-17(13)15/h5-6,9,14,16,18H,2-4,7-8,10-12H2,1H3. The van der Waals surface area contributed by atoms with Crippen molar-refractivity contribution in [3.05, 3.63) is 29.3 Å². The highest BCUT2D eigenvalue weighted by Gasteiger charge is 2.22. The van der Waals surface area contributed by atoms with Crippen LogP contribution in [0.25, 0.3) is 0 Å². The Morgan fingerprint density at radius 1 is 1.30 bits per heavy atom. The lowest BCUT2D eigenvalue weighted by Crippen LogP contribution is -2.21. The molecule has 110 valence electrons. The molecule has 0 amide bonds. The van der Waals surface area contributed by atoms with Crippen LogP contribution in [0.15, 0.2) is 18.2 Å².